The minimum atomic E-state index is -4.30. The Kier molecular flexibility index (Phi) is 6.84. The van der Waals surface area contributed by atoms with Gasteiger partial charge in [-0.15, -0.1) is 12.4 Å². The molecule has 0 radical (unpaired) electrons. The Morgan fingerprint density at radius 2 is 1.52 bits per heavy atom. The molecule has 1 heterocycles. The summed E-state index contributed by atoms with van der Waals surface area (Å²) >= 11 is 0. The molecule has 29 heavy (non-hydrogen) atoms. The van der Waals surface area contributed by atoms with Crippen molar-refractivity contribution in [1.29, 1.82) is 0 Å². The Bertz CT molecular complexity index is 687. The van der Waals surface area contributed by atoms with E-state index in [2.05, 4.69) is 0 Å². The number of halogens is 4. The molecule has 0 aromatic heterocycles. The fourth-order valence-corrected chi connectivity index (χ4v) is 5.63. The minimum Gasteiger partial charge on any atom is -0.342 e. The van der Waals surface area contributed by atoms with Gasteiger partial charge in [-0.1, -0.05) is 18.6 Å². The molecule has 3 nitrogen and oxygen atoms in total. The van der Waals surface area contributed by atoms with Crippen molar-refractivity contribution in [2.75, 3.05) is 13.1 Å². The summed E-state index contributed by atoms with van der Waals surface area (Å²) in [7, 11) is 0. The van der Waals surface area contributed by atoms with Crippen LogP contribution in [0.1, 0.15) is 62.0 Å². The SMILES string of the molecule is Cl.NC1C2CCCC1CC(C(=O)N1CCC(c3ccc(C(F)(F)F)cc3)CC1)C2. The fourth-order valence-electron chi connectivity index (χ4n) is 5.63. The van der Waals surface area contributed by atoms with Crippen LogP contribution >= 0.6 is 12.4 Å². The maximum Gasteiger partial charge on any atom is 0.416 e. The van der Waals surface area contributed by atoms with Gasteiger partial charge in [-0.05, 0) is 74.0 Å². The zero-order chi connectivity index (χ0) is 19.9. The van der Waals surface area contributed by atoms with E-state index in [0.717, 1.165) is 56.2 Å². The summed E-state index contributed by atoms with van der Waals surface area (Å²) in [6.07, 6.45) is 2.73. The minimum absolute atomic E-state index is 0. The zero-order valence-corrected chi connectivity index (χ0v) is 17.4. The molecule has 2 atom stereocenters. The van der Waals surface area contributed by atoms with Crippen LogP contribution in [-0.4, -0.2) is 29.9 Å². The van der Waals surface area contributed by atoms with Gasteiger partial charge >= 0.3 is 6.18 Å². The Hall–Kier alpha value is -1.27. The molecule has 2 aliphatic carbocycles. The quantitative estimate of drug-likeness (QED) is 0.718. The first kappa shape index (κ1) is 22.4. The van der Waals surface area contributed by atoms with Gasteiger partial charge in [0.15, 0.2) is 0 Å². The van der Waals surface area contributed by atoms with Crippen molar-refractivity contribution < 1.29 is 18.0 Å². The van der Waals surface area contributed by atoms with Crippen molar-refractivity contribution in [2.24, 2.45) is 23.5 Å². The van der Waals surface area contributed by atoms with Crippen LogP contribution < -0.4 is 5.73 Å². The smallest absolute Gasteiger partial charge is 0.342 e. The molecule has 1 aromatic rings. The highest BCUT2D eigenvalue weighted by Gasteiger charge is 2.42. The number of benzene rings is 1. The molecule has 7 heteroatoms. The first-order valence-electron chi connectivity index (χ1n) is 10.5. The Balaban J connectivity index is 0.00000240. The molecule has 2 unspecified atom stereocenters. The van der Waals surface area contributed by atoms with E-state index in [4.69, 9.17) is 5.73 Å². The van der Waals surface area contributed by atoms with E-state index in [1.807, 2.05) is 4.90 Å². The topological polar surface area (TPSA) is 46.3 Å². The Morgan fingerprint density at radius 3 is 2.03 bits per heavy atom. The third-order valence-electron chi connectivity index (χ3n) is 7.28. The maximum atomic E-state index is 13.0. The van der Waals surface area contributed by atoms with Crippen molar-refractivity contribution in [2.45, 2.75) is 63.1 Å². The Morgan fingerprint density at radius 1 is 0.966 bits per heavy atom. The van der Waals surface area contributed by atoms with Crippen molar-refractivity contribution in [3.8, 4) is 0 Å². The van der Waals surface area contributed by atoms with Crippen LogP contribution in [0.3, 0.4) is 0 Å². The summed E-state index contributed by atoms with van der Waals surface area (Å²) in [4.78, 5) is 15.0. The number of nitrogens with two attached hydrogens (primary N) is 1. The van der Waals surface area contributed by atoms with E-state index in [0.29, 0.717) is 24.9 Å². The van der Waals surface area contributed by atoms with Crippen LogP contribution in [0.25, 0.3) is 0 Å². The third kappa shape index (κ3) is 4.74. The largest absolute Gasteiger partial charge is 0.416 e. The summed E-state index contributed by atoms with van der Waals surface area (Å²) in [5.41, 5.74) is 6.69. The number of carbonyl (C=O) groups is 1. The second kappa shape index (κ2) is 8.84. The molecular weight excluding hydrogens is 401 g/mol. The standard InChI is InChI=1S/C22H29F3N2O.ClH/c23-22(24,25)19-6-4-14(5-7-19)15-8-10-27(11-9-15)21(28)18-12-16-2-1-3-17(13-18)20(16)26;/h4-7,15-18,20H,1-3,8-13,26H2;1H. The summed E-state index contributed by atoms with van der Waals surface area (Å²) in [6, 6.07) is 5.78. The molecule has 2 bridgehead atoms. The lowest BCUT2D eigenvalue weighted by molar-refractivity contribution is -0.140. The first-order valence-corrected chi connectivity index (χ1v) is 10.5. The molecule has 1 saturated heterocycles. The van der Waals surface area contributed by atoms with Crippen molar-refractivity contribution in [3.63, 3.8) is 0 Å². The summed E-state index contributed by atoms with van der Waals surface area (Å²) in [6.45, 7) is 1.39. The van der Waals surface area contributed by atoms with Gasteiger partial charge in [0.1, 0.15) is 0 Å². The van der Waals surface area contributed by atoms with Crippen LogP contribution in [0, 0.1) is 17.8 Å². The van der Waals surface area contributed by atoms with Gasteiger partial charge < -0.3 is 10.6 Å². The number of hydrogen-bond donors (Lipinski definition) is 1. The number of nitrogens with zero attached hydrogens (tertiary/aromatic N) is 1. The molecule has 3 fully saturated rings. The van der Waals surface area contributed by atoms with Gasteiger partial charge in [0.05, 0.1) is 5.56 Å². The van der Waals surface area contributed by atoms with Crippen LogP contribution in [-0.2, 0) is 11.0 Å². The number of rotatable bonds is 2. The van der Waals surface area contributed by atoms with Crippen molar-refractivity contribution >= 4 is 18.3 Å². The first-order chi connectivity index (χ1) is 13.3. The maximum absolute atomic E-state index is 13.0. The van der Waals surface area contributed by atoms with Crippen LogP contribution in [0.2, 0.25) is 0 Å². The monoisotopic (exact) mass is 430 g/mol. The number of amides is 1. The van der Waals surface area contributed by atoms with Gasteiger partial charge in [0.2, 0.25) is 5.91 Å². The highest BCUT2D eigenvalue weighted by atomic mass is 35.5. The molecule has 162 valence electrons. The molecular formula is C22H30ClF3N2O. The number of likely N-dealkylation sites (tertiary alicyclic amines) is 1. The second-order valence-electron chi connectivity index (χ2n) is 8.92. The molecule has 2 N–H and O–H groups in total. The fraction of sp³-hybridized carbons (Fsp3) is 0.682. The average Bonchev–Trinajstić information content (AvgIpc) is 2.67. The van der Waals surface area contributed by atoms with Gasteiger partial charge in [-0.25, -0.2) is 0 Å². The van der Waals surface area contributed by atoms with Crippen molar-refractivity contribution in [3.05, 3.63) is 35.4 Å². The molecule has 2 saturated carbocycles. The highest BCUT2D eigenvalue weighted by molar-refractivity contribution is 5.85. The van der Waals surface area contributed by atoms with Gasteiger partial charge in [-0.2, -0.15) is 13.2 Å². The number of fused-ring (bicyclic) bond motifs is 2. The number of alkyl halides is 3. The van der Waals surface area contributed by atoms with Crippen LogP contribution in [0.4, 0.5) is 13.2 Å². The molecule has 1 amide bonds. The highest BCUT2D eigenvalue weighted by Crippen LogP contribution is 2.43. The van der Waals surface area contributed by atoms with E-state index in [1.165, 1.54) is 6.42 Å². The van der Waals surface area contributed by atoms with Gasteiger partial charge in [-0.3, -0.25) is 4.79 Å². The van der Waals surface area contributed by atoms with E-state index in [1.54, 1.807) is 12.1 Å². The number of hydrogen-bond acceptors (Lipinski definition) is 2. The lowest BCUT2D eigenvalue weighted by Gasteiger charge is -2.45. The molecule has 1 aliphatic heterocycles. The summed E-state index contributed by atoms with van der Waals surface area (Å²) in [5.74, 6) is 1.59. The third-order valence-corrected chi connectivity index (χ3v) is 7.28. The molecule has 0 spiro atoms. The molecule has 3 aliphatic rings. The summed E-state index contributed by atoms with van der Waals surface area (Å²) < 4.78 is 38.2. The number of piperidine rings is 1. The van der Waals surface area contributed by atoms with E-state index in [-0.39, 0.29) is 36.2 Å². The predicted octanol–water partition coefficient (Wildman–Crippen LogP) is 4.99. The number of carbonyl (C=O) groups excluding carboxylic acids is 1. The zero-order valence-electron chi connectivity index (χ0n) is 16.5. The van der Waals surface area contributed by atoms with E-state index >= 15 is 0 Å². The molecule has 4 rings (SSSR count). The van der Waals surface area contributed by atoms with Gasteiger partial charge in [0.25, 0.3) is 0 Å². The second-order valence-corrected chi connectivity index (χ2v) is 8.92. The normalized spacial score (nSPS) is 30.6. The van der Waals surface area contributed by atoms with Crippen LogP contribution in [0.5, 0.6) is 0 Å². The van der Waals surface area contributed by atoms with E-state index in [9.17, 15) is 18.0 Å². The molecule has 1 aromatic carbocycles. The lowest BCUT2D eigenvalue weighted by atomic mass is 9.65. The van der Waals surface area contributed by atoms with Gasteiger partial charge in [0, 0.05) is 25.0 Å². The average molecular weight is 431 g/mol. The van der Waals surface area contributed by atoms with Crippen molar-refractivity contribution in [1.82, 2.24) is 4.90 Å². The Labute approximate surface area is 176 Å². The summed E-state index contributed by atoms with van der Waals surface area (Å²) in [5, 5.41) is 0. The predicted molar refractivity (Wildman–Crippen MR) is 109 cm³/mol. The lowest BCUT2D eigenvalue weighted by Crippen LogP contribution is -2.50. The van der Waals surface area contributed by atoms with E-state index < -0.39 is 11.7 Å². The van der Waals surface area contributed by atoms with Crippen LogP contribution in [0.15, 0.2) is 24.3 Å².